The molecule has 0 bridgehead atoms. The van der Waals surface area contributed by atoms with Crippen molar-refractivity contribution in [3.8, 4) is 0 Å². The normalized spacial score (nSPS) is 12.5. The highest BCUT2D eigenvalue weighted by molar-refractivity contribution is 7.15. The number of ketones is 1. The Balaban J connectivity index is 1.70. The fourth-order valence-electron chi connectivity index (χ4n) is 2.81. The van der Waals surface area contributed by atoms with Gasteiger partial charge in [-0.05, 0) is 27.7 Å². The molecule has 0 radical (unpaired) electrons. The van der Waals surface area contributed by atoms with Crippen LogP contribution in [-0.4, -0.2) is 30.9 Å². The molecular weight excluding hydrogens is 326 g/mol. The second-order valence-corrected chi connectivity index (χ2v) is 6.68. The van der Waals surface area contributed by atoms with Crippen molar-refractivity contribution in [2.75, 3.05) is 0 Å². The summed E-state index contributed by atoms with van der Waals surface area (Å²) in [6, 6.07) is -0.200. The molecule has 3 heterocycles. The smallest absolute Gasteiger partial charge is 0.242 e. The van der Waals surface area contributed by atoms with Gasteiger partial charge in [0, 0.05) is 23.5 Å². The fourth-order valence-corrected chi connectivity index (χ4v) is 3.52. The van der Waals surface area contributed by atoms with Crippen LogP contribution in [0.1, 0.15) is 47.3 Å². The Morgan fingerprint density at radius 3 is 2.75 bits per heavy atom. The zero-order chi connectivity index (χ0) is 17.4. The molecule has 0 saturated heterocycles. The van der Waals surface area contributed by atoms with E-state index in [1.165, 1.54) is 6.92 Å². The summed E-state index contributed by atoms with van der Waals surface area (Å²) < 4.78 is 3.50. The molecule has 1 unspecified atom stereocenters. The second kappa shape index (κ2) is 6.20. The molecule has 3 rings (SSSR count). The van der Waals surface area contributed by atoms with Gasteiger partial charge in [-0.15, -0.1) is 11.3 Å². The van der Waals surface area contributed by atoms with E-state index >= 15 is 0 Å². The first-order valence-electron chi connectivity index (χ1n) is 7.63. The molecule has 3 aromatic rings. The average Bonchev–Trinajstić information content (AvgIpc) is 3.12. The minimum atomic E-state index is -0.200. The minimum absolute atomic E-state index is 0.0388. The van der Waals surface area contributed by atoms with Crippen molar-refractivity contribution in [3.05, 3.63) is 40.4 Å². The van der Waals surface area contributed by atoms with E-state index in [1.54, 1.807) is 29.9 Å². The van der Waals surface area contributed by atoms with Gasteiger partial charge < -0.3 is 5.32 Å². The zero-order valence-corrected chi connectivity index (χ0v) is 14.8. The largest absolute Gasteiger partial charge is 0.346 e. The Morgan fingerprint density at radius 1 is 1.38 bits per heavy atom. The lowest BCUT2D eigenvalue weighted by atomic mass is 10.1. The number of nitrogens with one attached hydrogen (secondary N) is 1. The van der Waals surface area contributed by atoms with Crippen LogP contribution in [0.5, 0.6) is 0 Å². The highest BCUT2D eigenvalue weighted by Crippen LogP contribution is 2.17. The molecule has 126 valence electrons. The molecule has 0 fully saturated rings. The molecule has 0 spiro atoms. The third-order valence-corrected chi connectivity index (χ3v) is 4.73. The summed E-state index contributed by atoms with van der Waals surface area (Å²) >= 11 is 1.55. The number of hydrogen-bond donors (Lipinski definition) is 1. The van der Waals surface area contributed by atoms with Crippen molar-refractivity contribution in [2.45, 2.75) is 40.3 Å². The lowest BCUT2D eigenvalue weighted by Gasteiger charge is -2.12. The summed E-state index contributed by atoms with van der Waals surface area (Å²) in [4.78, 5) is 29.3. The Kier molecular flexibility index (Phi) is 4.23. The number of carbonyl (C=O) groups excluding carboxylic acids is 2. The number of aryl methyl sites for hydroxylation is 1. The summed E-state index contributed by atoms with van der Waals surface area (Å²) in [5.41, 5.74) is 2.76. The number of hydrogen-bond acceptors (Lipinski definition) is 5. The molecule has 24 heavy (non-hydrogen) atoms. The predicted molar refractivity (Wildman–Crippen MR) is 91.3 cm³/mol. The van der Waals surface area contributed by atoms with Crippen molar-refractivity contribution in [3.63, 3.8) is 0 Å². The highest BCUT2D eigenvalue weighted by Gasteiger charge is 2.18. The molecule has 0 aliphatic heterocycles. The van der Waals surface area contributed by atoms with Crippen molar-refractivity contribution in [1.82, 2.24) is 24.5 Å². The molecule has 0 saturated carbocycles. The fraction of sp³-hybridized carbons (Fsp3) is 0.375. The number of thiazole rings is 1. The lowest BCUT2D eigenvalue weighted by Crippen LogP contribution is -2.31. The molecule has 8 heteroatoms. The maximum absolute atomic E-state index is 12.3. The van der Waals surface area contributed by atoms with Gasteiger partial charge in [0.2, 0.25) is 5.91 Å². The number of imidazole rings is 1. The highest BCUT2D eigenvalue weighted by atomic mass is 32.1. The first-order valence-corrected chi connectivity index (χ1v) is 8.51. The maximum Gasteiger partial charge on any atom is 0.242 e. The molecule has 0 aromatic carbocycles. The number of amides is 1. The molecule has 7 nitrogen and oxygen atoms in total. The van der Waals surface area contributed by atoms with Gasteiger partial charge in [-0.25, -0.2) is 4.98 Å². The van der Waals surface area contributed by atoms with Gasteiger partial charge in [-0.3, -0.25) is 18.7 Å². The van der Waals surface area contributed by atoms with Crippen LogP contribution in [0.15, 0.2) is 17.8 Å². The van der Waals surface area contributed by atoms with Crippen molar-refractivity contribution < 1.29 is 9.59 Å². The van der Waals surface area contributed by atoms with Crippen molar-refractivity contribution in [2.24, 2.45) is 0 Å². The van der Waals surface area contributed by atoms with Crippen LogP contribution in [0.2, 0.25) is 0 Å². The summed E-state index contributed by atoms with van der Waals surface area (Å²) in [5.74, 6) is -0.206. The zero-order valence-electron chi connectivity index (χ0n) is 14.0. The molecule has 1 atom stereocenters. The lowest BCUT2D eigenvalue weighted by molar-refractivity contribution is -0.122. The standard InChI is InChI=1S/C16H19N5O2S/c1-9(13-7-20-5-6-24-16(20)18-13)17-14(23)8-21-11(3)15(12(4)22)10(2)19-21/h5-7,9H,8H2,1-4H3,(H,17,23). The first kappa shape index (κ1) is 16.4. The van der Waals surface area contributed by atoms with E-state index in [0.29, 0.717) is 17.0 Å². The molecule has 1 amide bonds. The number of rotatable bonds is 5. The van der Waals surface area contributed by atoms with Gasteiger partial charge >= 0.3 is 0 Å². The molecule has 0 aliphatic carbocycles. The van der Waals surface area contributed by atoms with E-state index in [-0.39, 0.29) is 24.3 Å². The maximum atomic E-state index is 12.3. The van der Waals surface area contributed by atoms with Crippen LogP contribution >= 0.6 is 11.3 Å². The minimum Gasteiger partial charge on any atom is -0.346 e. The van der Waals surface area contributed by atoms with Gasteiger partial charge in [0.15, 0.2) is 10.7 Å². The monoisotopic (exact) mass is 345 g/mol. The third kappa shape index (κ3) is 2.96. The Hall–Kier alpha value is -2.48. The van der Waals surface area contributed by atoms with Crippen LogP contribution in [0, 0.1) is 13.8 Å². The summed E-state index contributed by atoms with van der Waals surface area (Å²) in [5, 5.41) is 9.18. The molecular formula is C16H19N5O2S. The molecule has 3 aromatic heterocycles. The Labute approximate surface area is 143 Å². The number of fused-ring (bicyclic) bond motifs is 1. The summed E-state index contributed by atoms with van der Waals surface area (Å²) in [7, 11) is 0. The second-order valence-electron chi connectivity index (χ2n) is 5.81. The summed E-state index contributed by atoms with van der Waals surface area (Å²) in [6.07, 6.45) is 3.85. The van der Waals surface area contributed by atoms with Gasteiger partial charge in [0.25, 0.3) is 0 Å². The molecule has 1 N–H and O–H groups in total. The van der Waals surface area contributed by atoms with Crippen LogP contribution in [-0.2, 0) is 11.3 Å². The molecule has 0 aliphatic rings. The average molecular weight is 345 g/mol. The van der Waals surface area contributed by atoms with Crippen molar-refractivity contribution >= 4 is 28.0 Å². The first-order chi connectivity index (χ1) is 11.4. The van der Waals surface area contributed by atoms with E-state index in [1.807, 2.05) is 29.1 Å². The number of carbonyl (C=O) groups is 2. The summed E-state index contributed by atoms with van der Waals surface area (Å²) in [6.45, 7) is 7.06. The number of nitrogens with zero attached hydrogens (tertiary/aromatic N) is 4. The van der Waals surface area contributed by atoms with E-state index in [2.05, 4.69) is 15.4 Å². The van der Waals surface area contributed by atoms with Crippen LogP contribution in [0.3, 0.4) is 0 Å². The van der Waals surface area contributed by atoms with Crippen LogP contribution in [0.25, 0.3) is 4.96 Å². The quantitative estimate of drug-likeness (QED) is 0.719. The third-order valence-electron chi connectivity index (χ3n) is 3.96. The van der Waals surface area contributed by atoms with Gasteiger partial charge in [0.05, 0.1) is 23.0 Å². The van der Waals surface area contributed by atoms with Gasteiger partial charge in [-0.1, -0.05) is 0 Å². The Morgan fingerprint density at radius 2 is 2.12 bits per heavy atom. The van der Waals surface area contributed by atoms with E-state index < -0.39 is 0 Å². The van der Waals surface area contributed by atoms with Gasteiger partial charge in [0.1, 0.15) is 6.54 Å². The topological polar surface area (TPSA) is 81.3 Å². The predicted octanol–water partition coefficient (Wildman–Crippen LogP) is 2.29. The van der Waals surface area contributed by atoms with Gasteiger partial charge in [-0.2, -0.15) is 5.10 Å². The van der Waals surface area contributed by atoms with Crippen LogP contribution < -0.4 is 5.32 Å². The van der Waals surface area contributed by atoms with Crippen LogP contribution in [0.4, 0.5) is 0 Å². The van der Waals surface area contributed by atoms with Crippen molar-refractivity contribution in [1.29, 1.82) is 0 Å². The van der Waals surface area contributed by atoms with E-state index in [9.17, 15) is 9.59 Å². The Bertz CT molecular complexity index is 892. The van der Waals surface area contributed by atoms with E-state index in [4.69, 9.17) is 0 Å². The SMILES string of the molecule is CC(=O)c1c(C)nn(CC(=O)NC(C)c2cn3ccsc3n2)c1C. The van der Waals surface area contributed by atoms with E-state index in [0.717, 1.165) is 10.7 Å². The number of aromatic nitrogens is 4. The number of Topliss-reactive ketones (excluding diaryl/α,β-unsaturated/α-hetero) is 1.